The lowest BCUT2D eigenvalue weighted by Crippen LogP contribution is -2.50. The highest BCUT2D eigenvalue weighted by Gasteiger charge is 2.42. The molecule has 3 heterocycles. The Balaban J connectivity index is 1.65. The van der Waals surface area contributed by atoms with Gasteiger partial charge >= 0.3 is 0 Å². The largest absolute Gasteiger partial charge is 0.391 e. The summed E-state index contributed by atoms with van der Waals surface area (Å²) in [5.41, 5.74) is 1.74. The number of aliphatic hydroxyl groups excluding tert-OH is 1. The van der Waals surface area contributed by atoms with Crippen molar-refractivity contribution in [2.24, 2.45) is 0 Å². The lowest BCUT2D eigenvalue weighted by Gasteiger charge is -2.36. The summed E-state index contributed by atoms with van der Waals surface area (Å²) in [6, 6.07) is 6.46. The van der Waals surface area contributed by atoms with Crippen LogP contribution in [0.4, 0.5) is 0 Å². The van der Waals surface area contributed by atoms with Crippen LogP contribution in [0.2, 0.25) is 5.02 Å². The molecule has 0 bridgehead atoms. The molecule has 1 aromatic heterocycles. The molecule has 9 heteroatoms. The van der Waals surface area contributed by atoms with E-state index < -0.39 is 12.1 Å². The minimum absolute atomic E-state index is 0.0814. The fourth-order valence-corrected chi connectivity index (χ4v) is 5.22. The minimum atomic E-state index is -0.718. The number of hydrogen-bond donors (Lipinski definition) is 2. The first-order valence-corrected chi connectivity index (χ1v) is 12.9. The molecule has 8 nitrogen and oxygen atoms in total. The molecule has 2 N–H and O–H groups in total. The molecule has 1 aromatic carbocycles. The molecule has 0 radical (unpaired) electrons. The molecular formula is C26H33ClN4O4. The van der Waals surface area contributed by atoms with Gasteiger partial charge in [-0.15, -0.1) is 0 Å². The highest BCUT2D eigenvalue weighted by Crippen LogP contribution is 2.32. The Morgan fingerprint density at radius 1 is 1.17 bits per heavy atom. The van der Waals surface area contributed by atoms with Gasteiger partial charge in [0.05, 0.1) is 23.9 Å². The van der Waals surface area contributed by atoms with Crippen LogP contribution in [0.15, 0.2) is 29.1 Å². The molecule has 35 heavy (non-hydrogen) atoms. The maximum atomic E-state index is 13.6. The van der Waals surface area contributed by atoms with E-state index in [1.54, 1.807) is 17.0 Å². The Morgan fingerprint density at radius 3 is 2.60 bits per heavy atom. The van der Waals surface area contributed by atoms with Crippen LogP contribution in [0, 0.1) is 0 Å². The van der Waals surface area contributed by atoms with E-state index in [2.05, 4.69) is 11.9 Å². The Hall–Kier alpha value is -2.71. The smallest absolute Gasteiger partial charge is 0.256 e. The summed E-state index contributed by atoms with van der Waals surface area (Å²) in [5, 5.41) is 10.8. The van der Waals surface area contributed by atoms with Crippen LogP contribution >= 0.6 is 11.6 Å². The lowest BCUT2D eigenvalue weighted by molar-refractivity contribution is -0.144. The Kier molecular flexibility index (Phi) is 7.91. The van der Waals surface area contributed by atoms with E-state index in [-0.39, 0.29) is 42.8 Å². The van der Waals surface area contributed by atoms with Crippen LogP contribution in [-0.4, -0.2) is 61.9 Å². The van der Waals surface area contributed by atoms with E-state index in [4.69, 9.17) is 16.6 Å². The summed E-state index contributed by atoms with van der Waals surface area (Å²) in [6.45, 7) is 4.77. The van der Waals surface area contributed by atoms with Crippen molar-refractivity contribution in [3.05, 3.63) is 50.9 Å². The third-order valence-corrected chi connectivity index (χ3v) is 7.16. The summed E-state index contributed by atoms with van der Waals surface area (Å²) >= 11 is 6.01. The minimum Gasteiger partial charge on any atom is -0.391 e. The zero-order valence-electron chi connectivity index (χ0n) is 20.3. The first kappa shape index (κ1) is 25.4. The molecule has 2 amide bonds. The summed E-state index contributed by atoms with van der Waals surface area (Å²) in [5.74, 6) is 0.0813. The summed E-state index contributed by atoms with van der Waals surface area (Å²) in [7, 11) is 0. The number of benzene rings is 1. The van der Waals surface area contributed by atoms with Gasteiger partial charge in [0.2, 0.25) is 11.8 Å². The van der Waals surface area contributed by atoms with Gasteiger partial charge in [0.15, 0.2) is 0 Å². The van der Waals surface area contributed by atoms with E-state index >= 15 is 0 Å². The van der Waals surface area contributed by atoms with Crippen molar-refractivity contribution in [2.75, 3.05) is 13.1 Å². The molecule has 0 spiro atoms. The number of H-pyrrole nitrogens is 1. The Morgan fingerprint density at radius 2 is 1.91 bits per heavy atom. The standard InChI is InChI=1S/C26H33ClN4O4/c1-3-5-7-17-13-30(26(35)21-12-19(32)14-31(21)22(33)6-4-2)15-20-23(17)28-24(29-25(20)34)16-8-10-18(27)11-9-16/h8-11,17,19,21,32H,3-7,12-15H2,1-2H3,(H,28,29,34)/t17?,19-,21+/m1/s1. The molecule has 188 valence electrons. The number of β-amino-alcohol motifs (C(OH)–C–C–N with tert-alkyl or cyclic N) is 1. The van der Waals surface area contributed by atoms with Crippen LogP contribution < -0.4 is 5.56 Å². The van der Waals surface area contributed by atoms with Crippen LogP contribution in [0.1, 0.15) is 69.5 Å². The van der Waals surface area contributed by atoms with E-state index in [9.17, 15) is 19.5 Å². The number of rotatable bonds is 7. The second-order valence-electron chi connectivity index (χ2n) is 9.54. The number of likely N-dealkylation sites (tertiary alicyclic amines) is 1. The molecule has 3 atom stereocenters. The summed E-state index contributed by atoms with van der Waals surface area (Å²) in [4.78, 5) is 50.3. The summed E-state index contributed by atoms with van der Waals surface area (Å²) in [6.07, 6.45) is 3.26. The van der Waals surface area contributed by atoms with Gasteiger partial charge in [0, 0.05) is 42.4 Å². The molecule has 2 aromatic rings. The van der Waals surface area contributed by atoms with Crippen molar-refractivity contribution in [1.82, 2.24) is 19.8 Å². The van der Waals surface area contributed by atoms with E-state index in [1.807, 2.05) is 19.1 Å². The van der Waals surface area contributed by atoms with Crippen molar-refractivity contribution in [1.29, 1.82) is 0 Å². The maximum Gasteiger partial charge on any atom is 0.256 e. The predicted molar refractivity (Wildman–Crippen MR) is 134 cm³/mol. The number of amides is 2. The van der Waals surface area contributed by atoms with Crippen LogP contribution in [0.5, 0.6) is 0 Å². The van der Waals surface area contributed by atoms with Gasteiger partial charge < -0.3 is 19.9 Å². The maximum absolute atomic E-state index is 13.6. The van der Waals surface area contributed by atoms with Crippen molar-refractivity contribution in [2.45, 2.75) is 77.0 Å². The van der Waals surface area contributed by atoms with Gasteiger partial charge in [-0.3, -0.25) is 14.4 Å². The molecule has 0 aliphatic carbocycles. The second kappa shape index (κ2) is 10.9. The van der Waals surface area contributed by atoms with Gasteiger partial charge in [0.25, 0.3) is 5.56 Å². The number of unbranched alkanes of at least 4 members (excludes halogenated alkanes) is 1. The number of aliphatic hydroxyl groups is 1. The number of halogens is 1. The van der Waals surface area contributed by atoms with Crippen molar-refractivity contribution in [3.63, 3.8) is 0 Å². The number of fused-ring (bicyclic) bond motifs is 1. The molecule has 2 aliphatic rings. The first-order chi connectivity index (χ1) is 16.8. The molecule has 1 saturated heterocycles. The number of aromatic nitrogens is 2. The zero-order valence-corrected chi connectivity index (χ0v) is 21.1. The molecule has 1 fully saturated rings. The van der Waals surface area contributed by atoms with Crippen molar-refractivity contribution >= 4 is 23.4 Å². The Labute approximate surface area is 210 Å². The van der Waals surface area contributed by atoms with E-state index in [0.717, 1.165) is 30.5 Å². The number of carbonyl (C=O) groups excluding carboxylic acids is 2. The van der Waals surface area contributed by atoms with E-state index in [0.29, 0.717) is 35.8 Å². The Bertz CT molecular complexity index is 1130. The fourth-order valence-electron chi connectivity index (χ4n) is 5.10. The van der Waals surface area contributed by atoms with Crippen LogP contribution in [-0.2, 0) is 16.1 Å². The van der Waals surface area contributed by atoms with Gasteiger partial charge in [-0.25, -0.2) is 4.98 Å². The predicted octanol–water partition coefficient (Wildman–Crippen LogP) is 3.47. The number of hydrogen-bond acceptors (Lipinski definition) is 5. The number of nitrogens with one attached hydrogen (secondary N) is 1. The molecule has 1 unspecified atom stereocenters. The molecular weight excluding hydrogens is 468 g/mol. The second-order valence-corrected chi connectivity index (χ2v) is 9.98. The van der Waals surface area contributed by atoms with Gasteiger partial charge in [0.1, 0.15) is 11.9 Å². The topological polar surface area (TPSA) is 107 Å². The summed E-state index contributed by atoms with van der Waals surface area (Å²) < 4.78 is 0. The molecule has 4 rings (SSSR count). The van der Waals surface area contributed by atoms with Gasteiger partial charge in [-0.05, 0) is 37.1 Å². The van der Waals surface area contributed by atoms with Gasteiger partial charge in [-0.1, -0.05) is 38.3 Å². The van der Waals surface area contributed by atoms with Crippen molar-refractivity contribution in [3.8, 4) is 11.4 Å². The number of aromatic amines is 1. The van der Waals surface area contributed by atoms with Crippen LogP contribution in [0.25, 0.3) is 11.4 Å². The highest BCUT2D eigenvalue weighted by atomic mass is 35.5. The molecule has 2 aliphatic heterocycles. The highest BCUT2D eigenvalue weighted by molar-refractivity contribution is 6.30. The average Bonchev–Trinajstić information content (AvgIpc) is 3.24. The average molecular weight is 501 g/mol. The number of carbonyl (C=O) groups is 2. The fraction of sp³-hybridized carbons (Fsp3) is 0.538. The third-order valence-electron chi connectivity index (χ3n) is 6.91. The zero-order chi connectivity index (χ0) is 25.1. The normalized spacial score (nSPS) is 21.8. The first-order valence-electron chi connectivity index (χ1n) is 12.5. The lowest BCUT2D eigenvalue weighted by atomic mass is 9.90. The van der Waals surface area contributed by atoms with Crippen LogP contribution in [0.3, 0.4) is 0 Å². The monoisotopic (exact) mass is 500 g/mol. The quantitative estimate of drug-likeness (QED) is 0.605. The number of nitrogens with zero attached hydrogens (tertiary/aromatic N) is 3. The SMILES string of the molecule is CCCCC1CN(C(=O)[C@@H]2C[C@@H](O)CN2C(=O)CCC)Cc2c1nc(-c1ccc(Cl)cc1)[nH]c2=O. The third kappa shape index (κ3) is 5.43. The van der Waals surface area contributed by atoms with E-state index in [1.165, 1.54) is 4.90 Å². The van der Waals surface area contributed by atoms with Gasteiger partial charge in [-0.2, -0.15) is 0 Å². The molecule has 0 saturated carbocycles. The van der Waals surface area contributed by atoms with Crippen molar-refractivity contribution < 1.29 is 14.7 Å².